The Morgan fingerprint density at radius 1 is 1.04 bits per heavy atom. The SMILES string of the molecule is CCN(CC)C(=O)c1cccc(NC(=O)[C@@H](N)Cc2ccccc2)c1.Cl. The summed E-state index contributed by atoms with van der Waals surface area (Å²) in [7, 11) is 0. The summed E-state index contributed by atoms with van der Waals surface area (Å²) in [6.45, 7) is 5.17. The Kier molecular flexibility index (Phi) is 8.82. The third kappa shape index (κ3) is 5.86. The molecule has 0 saturated heterocycles. The van der Waals surface area contributed by atoms with Crippen molar-refractivity contribution in [1.82, 2.24) is 4.90 Å². The van der Waals surface area contributed by atoms with E-state index in [1.807, 2.05) is 44.2 Å². The van der Waals surface area contributed by atoms with E-state index in [4.69, 9.17) is 5.73 Å². The summed E-state index contributed by atoms with van der Waals surface area (Å²) >= 11 is 0. The summed E-state index contributed by atoms with van der Waals surface area (Å²) < 4.78 is 0. The summed E-state index contributed by atoms with van der Waals surface area (Å²) in [5.41, 5.74) is 8.14. The number of halogens is 1. The zero-order valence-corrected chi connectivity index (χ0v) is 16.0. The van der Waals surface area contributed by atoms with Crippen LogP contribution in [0.4, 0.5) is 5.69 Å². The van der Waals surface area contributed by atoms with Gasteiger partial charge in [0.15, 0.2) is 0 Å². The first-order valence-electron chi connectivity index (χ1n) is 8.54. The molecule has 2 aromatic carbocycles. The first-order chi connectivity index (χ1) is 12.0. The Labute approximate surface area is 161 Å². The second-order valence-corrected chi connectivity index (χ2v) is 5.84. The van der Waals surface area contributed by atoms with Gasteiger partial charge in [0.1, 0.15) is 0 Å². The Balaban J connectivity index is 0.00000338. The van der Waals surface area contributed by atoms with Gasteiger partial charge in [0.2, 0.25) is 5.91 Å². The van der Waals surface area contributed by atoms with Crippen LogP contribution in [0.2, 0.25) is 0 Å². The van der Waals surface area contributed by atoms with Crippen LogP contribution >= 0.6 is 12.4 Å². The van der Waals surface area contributed by atoms with Crippen LogP contribution in [0, 0.1) is 0 Å². The quantitative estimate of drug-likeness (QED) is 0.780. The number of rotatable bonds is 7. The highest BCUT2D eigenvalue weighted by atomic mass is 35.5. The number of nitrogens with zero attached hydrogens (tertiary/aromatic N) is 1. The number of nitrogens with two attached hydrogens (primary N) is 1. The topological polar surface area (TPSA) is 75.4 Å². The van der Waals surface area contributed by atoms with E-state index in [1.165, 1.54) is 0 Å². The second-order valence-electron chi connectivity index (χ2n) is 5.84. The van der Waals surface area contributed by atoms with Gasteiger partial charge in [0, 0.05) is 24.3 Å². The summed E-state index contributed by atoms with van der Waals surface area (Å²) in [6.07, 6.45) is 0.463. The predicted octanol–water partition coefficient (Wildman–Crippen LogP) is 3.10. The highest BCUT2D eigenvalue weighted by Crippen LogP contribution is 2.14. The minimum Gasteiger partial charge on any atom is -0.339 e. The van der Waals surface area contributed by atoms with E-state index >= 15 is 0 Å². The molecule has 2 amide bonds. The fourth-order valence-corrected chi connectivity index (χ4v) is 2.62. The van der Waals surface area contributed by atoms with Gasteiger partial charge in [-0.15, -0.1) is 12.4 Å². The molecule has 0 heterocycles. The van der Waals surface area contributed by atoms with Gasteiger partial charge < -0.3 is 16.0 Å². The summed E-state index contributed by atoms with van der Waals surface area (Å²) in [5, 5.41) is 2.80. The predicted molar refractivity (Wildman–Crippen MR) is 108 cm³/mol. The number of benzene rings is 2. The second kappa shape index (κ2) is 10.6. The number of nitrogens with one attached hydrogen (secondary N) is 1. The van der Waals surface area contributed by atoms with Gasteiger partial charge >= 0.3 is 0 Å². The lowest BCUT2D eigenvalue weighted by molar-refractivity contribution is -0.117. The highest BCUT2D eigenvalue weighted by Gasteiger charge is 2.16. The van der Waals surface area contributed by atoms with Gasteiger partial charge in [-0.3, -0.25) is 9.59 Å². The monoisotopic (exact) mass is 375 g/mol. The Morgan fingerprint density at radius 3 is 2.31 bits per heavy atom. The van der Waals surface area contributed by atoms with E-state index in [2.05, 4.69) is 5.32 Å². The summed E-state index contributed by atoms with van der Waals surface area (Å²) in [5.74, 6) is -0.314. The minimum atomic E-state index is -0.649. The molecule has 2 aromatic rings. The maximum Gasteiger partial charge on any atom is 0.253 e. The van der Waals surface area contributed by atoms with Crippen LogP contribution in [0.1, 0.15) is 29.8 Å². The molecule has 0 aliphatic heterocycles. The summed E-state index contributed by atoms with van der Waals surface area (Å²) in [4.78, 5) is 26.5. The molecule has 0 aliphatic rings. The fourth-order valence-electron chi connectivity index (χ4n) is 2.62. The van der Waals surface area contributed by atoms with Gasteiger partial charge in [-0.05, 0) is 44.0 Å². The van der Waals surface area contributed by atoms with E-state index in [-0.39, 0.29) is 24.2 Å². The van der Waals surface area contributed by atoms with Crippen molar-refractivity contribution in [3.63, 3.8) is 0 Å². The zero-order valence-electron chi connectivity index (χ0n) is 15.1. The maximum absolute atomic E-state index is 12.4. The molecule has 26 heavy (non-hydrogen) atoms. The van der Waals surface area contributed by atoms with E-state index in [9.17, 15) is 9.59 Å². The molecule has 0 unspecified atom stereocenters. The van der Waals surface area contributed by atoms with Crippen molar-refractivity contribution in [2.24, 2.45) is 5.73 Å². The van der Waals surface area contributed by atoms with Crippen LogP contribution in [0.25, 0.3) is 0 Å². The molecule has 6 heteroatoms. The molecule has 0 spiro atoms. The van der Waals surface area contributed by atoms with E-state index < -0.39 is 6.04 Å². The number of carbonyl (C=O) groups is 2. The molecular weight excluding hydrogens is 350 g/mol. The Bertz CT molecular complexity index is 718. The van der Waals surface area contributed by atoms with Crippen molar-refractivity contribution in [2.45, 2.75) is 26.3 Å². The molecular formula is C20H26ClN3O2. The van der Waals surface area contributed by atoms with Crippen LogP contribution in [-0.4, -0.2) is 35.8 Å². The molecule has 0 fully saturated rings. The van der Waals surface area contributed by atoms with Gasteiger partial charge in [0.05, 0.1) is 6.04 Å². The average molecular weight is 376 g/mol. The van der Waals surface area contributed by atoms with Crippen molar-refractivity contribution < 1.29 is 9.59 Å². The molecule has 0 aromatic heterocycles. The maximum atomic E-state index is 12.4. The number of carbonyl (C=O) groups excluding carboxylic acids is 2. The molecule has 0 saturated carbocycles. The van der Waals surface area contributed by atoms with Gasteiger partial charge in [-0.1, -0.05) is 36.4 Å². The molecule has 2 rings (SSSR count). The molecule has 5 nitrogen and oxygen atoms in total. The van der Waals surface area contributed by atoms with Gasteiger partial charge in [0.25, 0.3) is 5.91 Å². The van der Waals surface area contributed by atoms with Crippen molar-refractivity contribution in [1.29, 1.82) is 0 Å². The van der Waals surface area contributed by atoms with Crippen molar-refractivity contribution in [2.75, 3.05) is 18.4 Å². The van der Waals surface area contributed by atoms with Crippen molar-refractivity contribution in [3.05, 3.63) is 65.7 Å². The highest BCUT2D eigenvalue weighted by molar-refractivity contribution is 5.98. The first kappa shape index (κ1) is 21.7. The largest absolute Gasteiger partial charge is 0.339 e. The van der Waals surface area contributed by atoms with E-state index in [0.29, 0.717) is 30.8 Å². The number of hydrogen-bond donors (Lipinski definition) is 2. The van der Waals surface area contributed by atoms with Crippen LogP contribution in [0.3, 0.4) is 0 Å². The lowest BCUT2D eigenvalue weighted by Gasteiger charge is -2.19. The van der Waals surface area contributed by atoms with Crippen LogP contribution < -0.4 is 11.1 Å². The van der Waals surface area contributed by atoms with Gasteiger partial charge in [-0.25, -0.2) is 0 Å². The molecule has 0 radical (unpaired) electrons. The van der Waals surface area contributed by atoms with Crippen molar-refractivity contribution >= 4 is 29.9 Å². The molecule has 140 valence electrons. The lowest BCUT2D eigenvalue weighted by Crippen LogP contribution is -2.37. The Morgan fingerprint density at radius 2 is 1.69 bits per heavy atom. The first-order valence-corrected chi connectivity index (χ1v) is 8.54. The lowest BCUT2D eigenvalue weighted by atomic mass is 10.1. The fraction of sp³-hybridized carbons (Fsp3) is 0.300. The standard InChI is InChI=1S/C20H25N3O2.ClH/c1-3-23(4-2)20(25)16-11-8-12-17(14-16)22-19(24)18(21)13-15-9-6-5-7-10-15;/h5-12,14,18H,3-4,13,21H2,1-2H3,(H,22,24);1H/t18-;/m0./s1. The normalized spacial score (nSPS) is 11.2. The van der Waals surface area contributed by atoms with Gasteiger partial charge in [-0.2, -0.15) is 0 Å². The number of amides is 2. The Hall–Kier alpha value is -2.37. The zero-order chi connectivity index (χ0) is 18.2. The van der Waals surface area contributed by atoms with Crippen LogP contribution in [0.5, 0.6) is 0 Å². The molecule has 1 atom stereocenters. The third-order valence-electron chi connectivity index (χ3n) is 4.06. The van der Waals surface area contributed by atoms with Crippen molar-refractivity contribution in [3.8, 4) is 0 Å². The van der Waals surface area contributed by atoms with Crippen LogP contribution in [-0.2, 0) is 11.2 Å². The number of hydrogen-bond acceptors (Lipinski definition) is 3. The molecule has 0 aliphatic carbocycles. The minimum absolute atomic E-state index is 0. The average Bonchev–Trinajstić information content (AvgIpc) is 2.63. The summed E-state index contributed by atoms with van der Waals surface area (Å²) in [6, 6.07) is 15.9. The third-order valence-corrected chi connectivity index (χ3v) is 4.06. The van der Waals surface area contributed by atoms with Crippen LogP contribution in [0.15, 0.2) is 54.6 Å². The molecule has 3 N–H and O–H groups in total. The smallest absolute Gasteiger partial charge is 0.253 e. The van der Waals surface area contributed by atoms with E-state index in [0.717, 1.165) is 5.56 Å². The number of anilines is 1. The molecule has 0 bridgehead atoms. The van der Waals surface area contributed by atoms with E-state index in [1.54, 1.807) is 29.2 Å².